The highest BCUT2D eigenvalue weighted by atomic mass is 35.5. The SMILES string of the molecule is CC(C)(C)NCc1cc(N2CCCCC2)ncc1Cl. The van der Waals surface area contributed by atoms with Crippen molar-refractivity contribution in [2.24, 2.45) is 0 Å². The fourth-order valence-corrected chi connectivity index (χ4v) is 2.43. The van der Waals surface area contributed by atoms with Crippen molar-refractivity contribution in [3.8, 4) is 0 Å². The Morgan fingerprint density at radius 1 is 1.26 bits per heavy atom. The van der Waals surface area contributed by atoms with E-state index in [1.54, 1.807) is 6.20 Å². The molecule has 1 fully saturated rings. The lowest BCUT2D eigenvalue weighted by atomic mass is 10.1. The van der Waals surface area contributed by atoms with E-state index in [0.29, 0.717) is 0 Å². The van der Waals surface area contributed by atoms with Gasteiger partial charge in [0, 0.05) is 31.4 Å². The molecule has 0 saturated carbocycles. The molecule has 0 unspecified atom stereocenters. The highest BCUT2D eigenvalue weighted by Crippen LogP contribution is 2.23. The molecule has 106 valence electrons. The second-order valence-corrected chi connectivity index (χ2v) is 6.69. The van der Waals surface area contributed by atoms with Crippen molar-refractivity contribution in [1.82, 2.24) is 10.3 Å². The minimum absolute atomic E-state index is 0.0951. The number of rotatable bonds is 3. The van der Waals surface area contributed by atoms with E-state index in [0.717, 1.165) is 36.0 Å². The van der Waals surface area contributed by atoms with Crippen LogP contribution in [-0.4, -0.2) is 23.6 Å². The molecule has 0 amide bonds. The van der Waals surface area contributed by atoms with Crippen LogP contribution in [0.15, 0.2) is 12.3 Å². The average Bonchev–Trinajstić information content (AvgIpc) is 2.38. The van der Waals surface area contributed by atoms with Crippen LogP contribution in [0.4, 0.5) is 5.82 Å². The summed E-state index contributed by atoms with van der Waals surface area (Å²) < 4.78 is 0. The van der Waals surface area contributed by atoms with Gasteiger partial charge in [-0.3, -0.25) is 0 Å². The molecule has 2 heterocycles. The van der Waals surface area contributed by atoms with Gasteiger partial charge in [0.25, 0.3) is 0 Å². The number of nitrogens with one attached hydrogen (secondary N) is 1. The fourth-order valence-electron chi connectivity index (χ4n) is 2.26. The van der Waals surface area contributed by atoms with Gasteiger partial charge in [-0.1, -0.05) is 11.6 Å². The zero-order valence-electron chi connectivity index (χ0n) is 12.2. The molecular weight excluding hydrogens is 258 g/mol. The number of piperidine rings is 1. The molecule has 1 aromatic rings. The smallest absolute Gasteiger partial charge is 0.128 e. The number of nitrogens with zero attached hydrogens (tertiary/aromatic N) is 2. The molecule has 0 spiro atoms. The van der Waals surface area contributed by atoms with Gasteiger partial charge in [0.05, 0.1) is 5.02 Å². The van der Waals surface area contributed by atoms with Crippen molar-refractivity contribution in [2.45, 2.75) is 52.1 Å². The molecule has 0 aliphatic carbocycles. The van der Waals surface area contributed by atoms with Crippen LogP contribution < -0.4 is 10.2 Å². The Bertz CT molecular complexity index is 420. The number of aromatic nitrogens is 1. The number of hydrogen-bond acceptors (Lipinski definition) is 3. The number of hydrogen-bond donors (Lipinski definition) is 1. The highest BCUT2D eigenvalue weighted by molar-refractivity contribution is 6.31. The third kappa shape index (κ3) is 4.36. The minimum Gasteiger partial charge on any atom is -0.357 e. The van der Waals surface area contributed by atoms with E-state index in [1.165, 1.54) is 19.3 Å². The zero-order valence-corrected chi connectivity index (χ0v) is 12.9. The predicted molar refractivity (Wildman–Crippen MR) is 81.9 cm³/mol. The van der Waals surface area contributed by atoms with Crippen LogP contribution in [0.3, 0.4) is 0 Å². The normalized spacial score (nSPS) is 16.7. The number of pyridine rings is 1. The van der Waals surface area contributed by atoms with Gasteiger partial charge in [-0.25, -0.2) is 4.98 Å². The molecule has 19 heavy (non-hydrogen) atoms. The third-order valence-corrected chi connectivity index (χ3v) is 3.75. The summed E-state index contributed by atoms with van der Waals surface area (Å²) in [5, 5.41) is 4.23. The summed E-state index contributed by atoms with van der Waals surface area (Å²) in [5.74, 6) is 1.06. The molecule has 0 bridgehead atoms. The zero-order chi connectivity index (χ0) is 13.9. The Kier molecular flexibility index (Phi) is 4.69. The molecule has 1 aliphatic heterocycles. The Morgan fingerprint density at radius 2 is 1.95 bits per heavy atom. The summed E-state index contributed by atoms with van der Waals surface area (Å²) in [6.07, 6.45) is 5.65. The minimum atomic E-state index is 0.0951. The van der Waals surface area contributed by atoms with Gasteiger partial charge in [0.2, 0.25) is 0 Å². The average molecular weight is 282 g/mol. The van der Waals surface area contributed by atoms with E-state index < -0.39 is 0 Å². The Labute approximate surface area is 121 Å². The summed E-state index contributed by atoms with van der Waals surface area (Å²) >= 11 is 6.24. The molecule has 1 aromatic heterocycles. The van der Waals surface area contributed by atoms with E-state index in [-0.39, 0.29) is 5.54 Å². The first kappa shape index (κ1) is 14.6. The van der Waals surface area contributed by atoms with Crippen LogP contribution in [-0.2, 0) is 6.54 Å². The molecule has 0 radical (unpaired) electrons. The van der Waals surface area contributed by atoms with Crippen LogP contribution in [0.1, 0.15) is 45.6 Å². The summed E-state index contributed by atoms with van der Waals surface area (Å²) in [4.78, 5) is 6.83. The van der Waals surface area contributed by atoms with Gasteiger partial charge in [0.15, 0.2) is 0 Å². The first-order chi connectivity index (χ1) is 8.96. The summed E-state index contributed by atoms with van der Waals surface area (Å²) in [6.45, 7) is 9.49. The van der Waals surface area contributed by atoms with E-state index in [2.05, 4.69) is 42.0 Å². The largest absolute Gasteiger partial charge is 0.357 e. The Balaban J connectivity index is 2.10. The lowest BCUT2D eigenvalue weighted by molar-refractivity contribution is 0.424. The maximum atomic E-state index is 6.24. The molecule has 0 atom stereocenters. The van der Waals surface area contributed by atoms with Crippen LogP contribution in [0, 0.1) is 0 Å². The standard InChI is InChI=1S/C15H24ClN3/c1-15(2,3)18-10-12-9-14(17-11-13(12)16)19-7-5-4-6-8-19/h9,11,18H,4-8,10H2,1-3H3. The highest BCUT2D eigenvalue weighted by Gasteiger charge is 2.15. The molecule has 3 nitrogen and oxygen atoms in total. The van der Waals surface area contributed by atoms with Crippen molar-refractivity contribution in [3.05, 3.63) is 22.8 Å². The van der Waals surface area contributed by atoms with Gasteiger partial charge >= 0.3 is 0 Å². The van der Waals surface area contributed by atoms with Crippen LogP contribution in [0.5, 0.6) is 0 Å². The molecule has 4 heteroatoms. The predicted octanol–water partition coefficient (Wildman–Crippen LogP) is 3.61. The molecule has 2 rings (SSSR count). The van der Waals surface area contributed by atoms with Gasteiger partial charge in [-0.05, 0) is 51.7 Å². The molecule has 1 saturated heterocycles. The number of halogens is 1. The van der Waals surface area contributed by atoms with Crippen molar-refractivity contribution in [3.63, 3.8) is 0 Å². The fraction of sp³-hybridized carbons (Fsp3) is 0.667. The first-order valence-corrected chi connectivity index (χ1v) is 7.48. The number of anilines is 1. The van der Waals surface area contributed by atoms with E-state index in [4.69, 9.17) is 11.6 Å². The van der Waals surface area contributed by atoms with E-state index in [9.17, 15) is 0 Å². The molecule has 1 N–H and O–H groups in total. The monoisotopic (exact) mass is 281 g/mol. The van der Waals surface area contributed by atoms with Crippen LogP contribution >= 0.6 is 11.6 Å². The Hall–Kier alpha value is -0.800. The lowest BCUT2D eigenvalue weighted by Crippen LogP contribution is -2.35. The van der Waals surface area contributed by atoms with Crippen LogP contribution in [0.25, 0.3) is 0 Å². The topological polar surface area (TPSA) is 28.2 Å². The second-order valence-electron chi connectivity index (χ2n) is 6.29. The Morgan fingerprint density at radius 3 is 2.58 bits per heavy atom. The van der Waals surface area contributed by atoms with Crippen molar-refractivity contribution in [2.75, 3.05) is 18.0 Å². The van der Waals surface area contributed by atoms with Crippen LogP contribution in [0.2, 0.25) is 5.02 Å². The van der Waals surface area contributed by atoms with Gasteiger partial charge in [0.1, 0.15) is 5.82 Å². The van der Waals surface area contributed by atoms with Gasteiger partial charge in [-0.15, -0.1) is 0 Å². The molecular formula is C15H24ClN3. The summed E-state index contributed by atoms with van der Waals surface area (Å²) in [6, 6.07) is 2.13. The third-order valence-electron chi connectivity index (χ3n) is 3.41. The maximum Gasteiger partial charge on any atom is 0.128 e. The maximum absolute atomic E-state index is 6.24. The summed E-state index contributed by atoms with van der Waals surface area (Å²) in [5.41, 5.74) is 1.23. The van der Waals surface area contributed by atoms with Crippen molar-refractivity contribution in [1.29, 1.82) is 0 Å². The van der Waals surface area contributed by atoms with Crippen molar-refractivity contribution >= 4 is 17.4 Å². The molecule has 1 aliphatic rings. The molecule has 0 aromatic carbocycles. The van der Waals surface area contributed by atoms with E-state index in [1.807, 2.05) is 0 Å². The second kappa shape index (κ2) is 6.10. The van der Waals surface area contributed by atoms with Gasteiger partial charge in [-0.2, -0.15) is 0 Å². The lowest BCUT2D eigenvalue weighted by Gasteiger charge is -2.28. The first-order valence-electron chi connectivity index (χ1n) is 7.10. The quantitative estimate of drug-likeness (QED) is 0.917. The van der Waals surface area contributed by atoms with Crippen molar-refractivity contribution < 1.29 is 0 Å². The van der Waals surface area contributed by atoms with E-state index >= 15 is 0 Å². The summed E-state index contributed by atoms with van der Waals surface area (Å²) in [7, 11) is 0. The van der Waals surface area contributed by atoms with Gasteiger partial charge < -0.3 is 10.2 Å².